The molecule has 0 spiro atoms. The van der Waals surface area contributed by atoms with E-state index in [0.29, 0.717) is 11.1 Å². The maximum atomic E-state index is 14.1. The first kappa shape index (κ1) is 14.9. The molecule has 106 valence electrons. The van der Waals surface area contributed by atoms with Crippen LogP contribution in [0.3, 0.4) is 0 Å². The number of nitrogens with two attached hydrogens (primary N) is 1. The molecule has 0 bridgehead atoms. The van der Waals surface area contributed by atoms with Crippen molar-refractivity contribution in [3.05, 3.63) is 27.4 Å². The lowest BCUT2D eigenvalue weighted by Crippen LogP contribution is -2.06. The molecule has 2 rings (SSSR count). The van der Waals surface area contributed by atoms with E-state index in [2.05, 4.69) is 30.9 Å². The van der Waals surface area contributed by atoms with Gasteiger partial charge in [0.15, 0.2) is 11.6 Å². The van der Waals surface area contributed by atoms with Crippen LogP contribution < -0.4 is 10.5 Å². The lowest BCUT2D eigenvalue weighted by Gasteiger charge is -2.08. The first-order valence-corrected chi connectivity index (χ1v) is 6.98. The van der Waals surface area contributed by atoms with Crippen LogP contribution in [0.1, 0.15) is 13.3 Å². The molecule has 2 aromatic rings. The summed E-state index contributed by atoms with van der Waals surface area (Å²) in [4.78, 5) is 11.8. The average Bonchev–Trinajstić information content (AvgIpc) is 2.42. The highest BCUT2D eigenvalue weighted by atomic mass is 79.9. The summed E-state index contributed by atoms with van der Waals surface area (Å²) in [5, 5.41) is -0.0440. The Morgan fingerprint density at radius 2 is 2.10 bits per heavy atom. The standard InChI is InChI=1S/C12H11BrClFN4O/c1-2-5-20-12-18-10(17-11(16)19-12)6-3-4-7(13)8(14)9(6)15/h3-4H,2,5H2,1H3,(H2,16,17,18,19). The molecular formula is C12H11BrClFN4O. The van der Waals surface area contributed by atoms with Gasteiger partial charge in [-0.3, -0.25) is 0 Å². The van der Waals surface area contributed by atoms with Gasteiger partial charge in [0.2, 0.25) is 5.95 Å². The van der Waals surface area contributed by atoms with E-state index in [1.54, 1.807) is 6.07 Å². The summed E-state index contributed by atoms with van der Waals surface area (Å²) in [6.07, 6.45) is 0.791. The maximum absolute atomic E-state index is 14.1. The molecule has 1 aromatic heterocycles. The minimum Gasteiger partial charge on any atom is -0.463 e. The fourth-order valence-electron chi connectivity index (χ4n) is 1.45. The van der Waals surface area contributed by atoms with E-state index in [1.807, 2.05) is 6.92 Å². The predicted molar refractivity (Wildman–Crippen MR) is 78.1 cm³/mol. The molecule has 0 saturated heterocycles. The highest BCUT2D eigenvalue weighted by molar-refractivity contribution is 9.10. The number of hydrogen-bond donors (Lipinski definition) is 1. The average molecular weight is 362 g/mol. The molecule has 8 heteroatoms. The Morgan fingerprint density at radius 1 is 1.35 bits per heavy atom. The number of nitrogens with zero attached hydrogens (tertiary/aromatic N) is 3. The zero-order valence-corrected chi connectivity index (χ0v) is 12.9. The van der Waals surface area contributed by atoms with Crippen LogP contribution in [0.25, 0.3) is 11.4 Å². The number of benzene rings is 1. The summed E-state index contributed by atoms with van der Waals surface area (Å²) < 4.78 is 19.9. The number of aromatic nitrogens is 3. The number of ether oxygens (including phenoxy) is 1. The summed E-state index contributed by atoms with van der Waals surface area (Å²) in [6.45, 7) is 2.38. The van der Waals surface area contributed by atoms with Crippen molar-refractivity contribution in [3.63, 3.8) is 0 Å². The second-order valence-corrected chi connectivity index (χ2v) is 5.10. The number of anilines is 1. The smallest absolute Gasteiger partial charge is 0.321 e. The van der Waals surface area contributed by atoms with Crippen LogP contribution >= 0.6 is 27.5 Å². The van der Waals surface area contributed by atoms with Crippen LogP contribution in [-0.4, -0.2) is 21.6 Å². The molecule has 0 fully saturated rings. The Kier molecular flexibility index (Phi) is 4.72. The third-order valence-electron chi connectivity index (χ3n) is 2.34. The van der Waals surface area contributed by atoms with Gasteiger partial charge in [-0.25, -0.2) is 4.39 Å². The maximum Gasteiger partial charge on any atom is 0.321 e. The highest BCUT2D eigenvalue weighted by Crippen LogP contribution is 2.32. The predicted octanol–water partition coefficient (Wildman–Crippen LogP) is 3.46. The minimum absolute atomic E-state index is 0.0421. The first-order chi connectivity index (χ1) is 9.52. The largest absolute Gasteiger partial charge is 0.463 e. The summed E-state index contributed by atoms with van der Waals surface area (Å²) in [7, 11) is 0. The number of rotatable bonds is 4. The Hall–Kier alpha value is -1.47. The van der Waals surface area contributed by atoms with E-state index in [9.17, 15) is 4.39 Å². The fourth-order valence-corrected chi connectivity index (χ4v) is 1.92. The van der Waals surface area contributed by atoms with Gasteiger partial charge in [0.25, 0.3) is 0 Å². The zero-order valence-electron chi connectivity index (χ0n) is 10.5. The second-order valence-electron chi connectivity index (χ2n) is 3.87. The topological polar surface area (TPSA) is 73.9 Å². The van der Waals surface area contributed by atoms with E-state index >= 15 is 0 Å². The number of nitrogen functional groups attached to an aromatic ring is 1. The molecule has 0 amide bonds. The monoisotopic (exact) mass is 360 g/mol. The van der Waals surface area contributed by atoms with Crippen molar-refractivity contribution in [2.24, 2.45) is 0 Å². The molecule has 0 aliphatic carbocycles. The molecule has 0 saturated carbocycles. The fraction of sp³-hybridized carbons (Fsp3) is 0.250. The van der Waals surface area contributed by atoms with Crippen LogP contribution in [0.5, 0.6) is 6.01 Å². The van der Waals surface area contributed by atoms with Crippen LogP contribution in [0.4, 0.5) is 10.3 Å². The van der Waals surface area contributed by atoms with E-state index in [1.165, 1.54) is 6.07 Å². The Morgan fingerprint density at radius 3 is 2.80 bits per heavy atom. The van der Waals surface area contributed by atoms with Crippen molar-refractivity contribution in [3.8, 4) is 17.4 Å². The molecule has 0 aliphatic heterocycles. The molecule has 1 heterocycles. The van der Waals surface area contributed by atoms with Crippen molar-refractivity contribution >= 4 is 33.5 Å². The van der Waals surface area contributed by atoms with Crippen LogP contribution in [0, 0.1) is 5.82 Å². The van der Waals surface area contributed by atoms with Crippen molar-refractivity contribution < 1.29 is 9.13 Å². The normalized spacial score (nSPS) is 10.6. The summed E-state index contributed by atoms with van der Waals surface area (Å²) in [5.74, 6) is -0.594. The molecule has 2 N–H and O–H groups in total. The summed E-state index contributed by atoms with van der Waals surface area (Å²) in [5.41, 5.74) is 5.71. The van der Waals surface area contributed by atoms with Gasteiger partial charge in [-0.2, -0.15) is 15.0 Å². The Labute approximate surface area is 128 Å². The summed E-state index contributed by atoms with van der Waals surface area (Å²) >= 11 is 8.98. The molecule has 0 radical (unpaired) electrons. The lowest BCUT2D eigenvalue weighted by atomic mass is 10.2. The van der Waals surface area contributed by atoms with Crippen molar-refractivity contribution in [2.45, 2.75) is 13.3 Å². The minimum atomic E-state index is -0.631. The van der Waals surface area contributed by atoms with Gasteiger partial charge in [-0.1, -0.05) is 18.5 Å². The zero-order chi connectivity index (χ0) is 14.7. The third-order valence-corrected chi connectivity index (χ3v) is 3.60. The van der Waals surface area contributed by atoms with Gasteiger partial charge in [0, 0.05) is 4.47 Å². The molecule has 0 atom stereocenters. The van der Waals surface area contributed by atoms with Crippen molar-refractivity contribution in [2.75, 3.05) is 12.3 Å². The van der Waals surface area contributed by atoms with E-state index in [0.717, 1.165) is 6.42 Å². The van der Waals surface area contributed by atoms with Gasteiger partial charge in [-0.15, -0.1) is 0 Å². The van der Waals surface area contributed by atoms with Crippen LogP contribution in [-0.2, 0) is 0 Å². The van der Waals surface area contributed by atoms with Gasteiger partial charge in [0.1, 0.15) is 0 Å². The molecule has 1 aromatic carbocycles. The van der Waals surface area contributed by atoms with E-state index < -0.39 is 5.82 Å². The second kappa shape index (κ2) is 6.32. The van der Waals surface area contributed by atoms with E-state index in [4.69, 9.17) is 22.1 Å². The Balaban J connectivity index is 2.47. The Bertz CT molecular complexity index is 641. The van der Waals surface area contributed by atoms with E-state index in [-0.39, 0.29) is 28.4 Å². The third kappa shape index (κ3) is 3.16. The molecule has 0 aliphatic rings. The van der Waals surface area contributed by atoms with Crippen molar-refractivity contribution in [1.29, 1.82) is 0 Å². The number of halogens is 3. The van der Waals surface area contributed by atoms with Crippen molar-refractivity contribution in [1.82, 2.24) is 15.0 Å². The van der Waals surface area contributed by atoms with Gasteiger partial charge < -0.3 is 10.5 Å². The van der Waals surface area contributed by atoms with Gasteiger partial charge >= 0.3 is 6.01 Å². The van der Waals surface area contributed by atoms with Gasteiger partial charge in [0.05, 0.1) is 17.2 Å². The van der Waals surface area contributed by atoms with Crippen LogP contribution in [0.2, 0.25) is 5.02 Å². The SMILES string of the molecule is CCCOc1nc(N)nc(-c2ccc(Br)c(Cl)c2F)n1. The quantitative estimate of drug-likeness (QED) is 0.844. The van der Waals surface area contributed by atoms with Crippen LogP contribution in [0.15, 0.2) is 16.6 Å². The van der Waals surface area contributed by atoms with Gasteiger partial charge in [-0.05, 0) is 34.5 Å². The summed E-state index contributed by atoms with van der Waals surface area (Å²) in [6, 6.07) is 3.17. The molecule has 0 unspecified atom stereocenters. The number of hydrogen-bond acceptors (Lipinski definition) is 5. The molecule has 20 heavy (non-hydrogen) atoms. The lowest BCUT2D eigenvalue weighted by molar-refractivity contribution is 0.292. The molecular weight excluding hydrogens is 351 g/mol. The highest BCUT2D eigenvalue weighted by Gasteiger charge is 2.16. The first-order valence-electron chi connectivity index (χ1n) is 5.81. The molecule has 5 nitrogen and oxygen atoms in total.